The first-order chi connectivity index (χ1) is 13.1. The van der Waals surface area contributed by atoms with E-state index < -0.39 is 11.4 Å². The van der Waals surface area contributed by atoms with E-state index in [1.807, 2.05) is 30.3 Å². The van der Waals surface area contributed by atoms with Gasteiger partial charge in [0.1, 0.15) is 17.5 Å². The number of nitrogens with zero attached hydrogens (tertiary/aromatic N) is 2. The molecule has 2 aromatic heterocycles. The van der Waals surface area contributed by atoms with Gasteiger partial charge in [0.2, 0.25) is 0 Å². The molecular weight excluding hydrogens is 363 g/mol. The molecule has 0 saturated carbocycles. The van der Waals surface area contributed by atoms with Gasteiger partial charge in [-0.15, -0.1) is 0 Å². The minimum atomic E-state index is -0.461. The van der Waals surface area contributed by atoms with Crippen molar-refractivity contribution in [3.63, 3.8) is 0 Å². The summed E-state index contributed by atoms with van der Waals surface area (Å²) in [5.74, 6) is -0.410. The number of fused-ring (bicyclic) bond motifs is 1. The van der Waals surface area contributed by atoms with E-state index in [0.29, 0.717) is 16.8 Å². The number of H-pyrrole nitrogens is 2. The summed E-state index contributed by atoms with van der Waals surface area (Å²) < 4.78 is 13.5. The maximum absolute atomic E-state index is 13.4. The van der Waals surface area contributed by atoms with Gasteiger partial charge >= 0.3 is 0 Å². The molecule has 0 saturated heterocycles. The molecule has 0 aliphatic carbocycles. The second-order valence-electron chi connectivity index (χ2n) is 5.83. The van der Waals surface area contributed by atoms with Crippen molar-refractivity contribution < 1.29 is 4.39 Å². The van der Waals surface area contributed by atoms with Crippen LogP contribution in [0.1, 0.15) is 5.56 Å². The summed E-state index contributed by atoms with van der Waals surface area (Å²) in [5, 5.41) is 10.1. The van der Waals surface area contributed by atoms with Crippen LogP contribution in [0.5, 0.6) is 0 Å². The van der Waals surface area contributed by atoms with E-state index in [1.54, 1.807) is 0 Å². The Kier molecular flexibility index (Phi) is 4.11. The van der Waals surface area contributed by atoms with Crippen molar-refractivity contribution >= 4 is 23.3 Å². The van der Waals surface area contributed by atoms with Crippen molar-refractivity contribution in [2.24, 2.45) is 0 Å². The minimum Gasteiger partial charge on any atom is -0.316 e. The molecule has 0 aliphatic heterocycles. The highest BCUT2D eigenvalue weighted by Crippen LogP contribution is 2.34. The highest BCUT2D eigenvalue weighted by Gasteiger charge is 2.20. The van der Waals surface area contributed by atoms with E-state index in [2.05, 4.69) is 21.0 Å². The summed E-state index contributed by atoms with van der Waals surface area (Å²) >= 11 is 5.06. The molecule has 2 N–H and O–H groups in total. The van der Waals surface area contributed by atoms with Gasteiger partial charge in [-0.05, 0) is 29.9 Å². The Labute approximate surface area is 157 Å². The number of aromatic nitrogens is 3. The molecule has 0 atom stereocenters. The van der Waals surface area contributed by atoms with Crippen LogP contribution in [0.3, 0.4) is 0 Å². The third-order valence-electron chi connectivity index (χ3n) is 4.18. The van der Waals surface area contributed by atoms with E-state index in [1.165, 1.54) is 24.3 Å². The third kappa shape index (κ3) is 2.92. The summed E-state index contributed by atoms with van der Waals surface area (Å²) in [7, 11) is 0. The van der Waals surface area contributed by atoms with Crippen LogP contribution in [0.4, 0.5) is 4.39 Å². The smallest absolute Gasteiger partial charge is 0.261 e. The monoisotopic (exact) mass is 374 g/mol. The number of pyridine rings is 1. The Morgan fingerprint density at radius 3 is 2.37 bits per heavy atom. The Morgan fingerprint density at radius 1 is 1.00 bits per heavy atom. The molecule has 27 heavy (non-hydrogen) atoms. The van der Waals surface area contributed by atoms with E-state index in [9.17, 15) is 14.4 Å². The van der Waals surface area contributed by atoms with Gasteiger partial charge in [-0.3, -0.25) is 9.78 Å². The Balaban J connectivity index is 2.22. The van der Waals surface area contributed by atoms with Crippen molar-refractivity contribution in [2.75, 3.05) is 0 Å². The highest BCUT2D eigenvalue weighted by molar-refractivity contribution is 7.71. The number of benzene rings is 2. The zero-order valence-electron chi connectivity index (χ0n) is 13.8. The standard InChI is InChI=1S/C20H11FN4OS/c21-13-8-6-11(7-9-13)15-14(10-22)17(12-4-2-1-3-5-12)23-18-16(15)19(26)25-20(27)24-18/h1-9H,(H2,23,24,25,26,27). The second kappa shape index (κ2) is 6.59. The first kappa shape index (κ1) is 16.8. The summed E-state index contributed by atoms with van der Waals surface area (Å²) in [5.41, 5.74) is 2.09. The molecule has 4 aromatic rings. The number of hydrogen-bond acceptors (Lipinski definition) is 4. The van der Waals surface area contributed by atoms with Crippen LogP contribution in [0, 0.1) is 21.9 Å². The van der Waals surface area contributed by atoms with Crippen molar-refractivity contribution in [3.8, 4) is 28.5 Å². The van der Waals surface area contributed by atoms with Crippen molar-refractivity contribution in [1.29, 1.82) is 5.26 Å². The number of nitriles is 1. The van der Waals surface area contributed by atoms with E-state index in [-0.39, 0.29) is 21.4 Å². The lowest BCUT2D eigenvalue weighted by molar-refractivity contribution is 0.628. The summed E-state index contributed by atoms with van der Waals surface area (Å²) in [4.78, 5) is 22.5. The summed E-state index contributed by atoms with van der Waals surface area (Å²) in [6, 6.07) is 17.0. The lowest BCUT2D eigenvalue weighted by atomic mass is 9.94. The molecule has 0 bridgehead atoms. The van der Waals surface area contributed by atoms with Crippen LogP contribution in [0.15, 0.2) is 59.4 Å². The summed E-state index contributed by atoms with van der Waals surface area (Å²) in [6.07, 6.45) is 0. The first-order valence-corrected chi connectivity index (χ1v) is 8.41. The molecule has 0 radical (unpaired) electrons. The average Bonchev–Trinajstić information content (AvgIpc) is 2.67. The third-order valence-corrected chi connectivity index (χ3v) is 4.38. The number of aromatic amines is 2. The summed E-state index contributed by atoms with van der Waals surface area (Å²) in [6.45, 7) is 0. The second-order valence-corrected chi connectivity index (χ2v) is 6.24. The molecule has 0 spiro atoms. The normalized spacial score (nSPS) is 10.7. The fourth-order valence-electron chi connectivity index (χ4n) is 3.02. The zero-order valence-corrected chi connectivity index (χ0v) is 14.6. The van der Waals surface area contributed by atoms with Crippen LogP contribution in [0.25, 0.3) is 33.4 Å². The molecule has 0 fully saturated rings. The van der Waals surface area contributed by atoms with Gasteiger partial charge in [-0.1, -0.05) is 42.5 Å². The Bertz CT molecular complexity index is 1320. The van der Waals surface area contributed by atoms with Crippen LogP contribution in [0.2, 0.25) is 0 Å². The van der Waals surface area contributed by atoms with Crippen molar-refractivity contribution in [1.82, 2.24) is 15.0 Å². The highest BCUT2D eigenvalue weighted by atomic mass is 32.1. The van der Waals surface area contributed by atoms with Crippen molar-refractivity contribution in [3.05, 3.63) is 81.1 Å². The molecule has 4 rings (SSSR count). The van der Waals surface area contributed by atoms with Crippen LogP contribution in [-0.4, -0.2) is 15.0 Å². The predicted molar refractivity (Wildman–Crippen MR) is 103 cm³/mol. The Morgan fingerprint density at radius 2 is 1.70 bits per heavy atom. The minimum absolute atomic E-state index is 0.133. The lowest BCUT2D eigenvalue weighted by Crippen LogP contribution is -2.12. The zero-order chi connectivity index (χ0) is 19.0. The SMILES string of the molecule is N#Cc1c(-c2ccccc2)nc2[nH]c(=S)[nH]c(=O)c2c1-c1ccc(F)cc1. The van der Waals surface area contributed by atoms with Crippen LogP contribution in [-0.2, 0) is 0 Å². The molecule has 0 unspecified atom stereocenters. The van der Waals surface area contributed by atoms with Gasteiger partial charge in [0.15, 0.2) is 4.77 Å². The quantitative estimate of drug-likeness (QED) is 0.512. The number of nitrogens with one attached hydrogen (secondary N) is 2. The first-order valence-electron chi connectivity index (χ1n) is 8.00. The van der Waals surface area contributed by atoms with Crippen molar-refractivity contribution in [2.45, 2.75) is 0 Å². The molecule has 2 heterocycles. The fourth-order valence-corrected chi connectivity index (χ4v) is 3.21. The molecule has 130 valence electrons. The number of halogens is 1. The average molecular weight is 374 g/mol. The van der Waals surface area contributed by atoms with Crippen LogP contribution < -0.4 is 5.56 Å². The van der Waals surface area contributed by atoms with Gasteiger partial charge in [-0.2, -0.15) is 5.26 Å². The van der Waals surface area contributed by atoms with Gasteiger partial charge in [0.25, 0.3) is 5.56 Å². The van der Waals surface area contributed by atoms with Gasteiger partial charge in [0.05, 0.1) is 16.6 Å². The van der Waals surface area contributed by atoms with Crippen LogP contribution >= 0.6 is 12.2 Å². The fraction of sp³-hybridized carbons (Fsp3) is 0. The molecule has 0 aliphatic rings. The molecule has 0 amide bonds. The van der Waals surface area contributed by atoms with E-state index >= 15 is 0 Å². The van der Waals surface area contributed by atoms with E-state index in [4.69, 9.17) is 12.2 Å². The molecular formula is C20H11FN4OS. The predicted octanol–water partition coefficient (Wildman–Crippen LogP) is 4.33. The largest absolute Gasteiger partial charge is 0.316 e. The lowest BCUT2D eigenvalue weighted by Gasteiger charge is -2.13. The topological polar surface area (TPSA) is 85.3 Å². The van der Waals surface area contributed by atoms with Gasteiger partial charge in [-0.25, -0.2) is 9.37 Å². The molecule has 7 heteroatoms. The maximum Gasteiger partial charge on any atom is 0.261 e. The number of rotatable bonds is 2. The van der Waals surface area contributed by atoms with Gasteiger partial charge in [0, 0.05) is 11.1 Å². The maximum atomic E-state index is 13.4. The number of hydrogen-bond donors (Lipinski definition) is 2. The molecule has 5 nitrogen and oxygen atoms in total. The Hall–Kier alpha value is -3.63. The molecule has 2 aromatic carbocycles. The van der Waals surface area contributed by atoms with E-state index in [0.717, 1.165) is 5.56 Å². The van der Waals surface area contributed by atoms with Gasteiger partial charge < -0.3 is 4.98 Å².